The highest BCUT2D eigenvalue weighted by molar-refractivity contribution is 5.75. The molecule has 7 rings (SSSR count). The van der Waals surface area contributed by atoms with Crippen molar-refractivity contribution < 1.29 is 47.6 Å². The second kappa shape index (κ2) is 21.7. The number of amides is 1. The number of benzene rings is 3. The molecule has 0 heterocycles. The Bertz CT molecular complexity index is 1980. The van der Waals surface area contributed by atoms with Crippen molar-refractivity contribution in [1.82, 2.24) is 5.32 Å². The molecule has 11 heteroatoms. The Labute approximate surface area is 379 Å². The van der Waals surface area contributed by atoms with E-state index in [2.05, 4.69) is 33.0 Å². The first-order valence-corrected chi connectivity index (χ1v) is 24.0. The van der Waals surface area contributed by atoms with Gasteiger partial charge in [0.25, 0.3) is 0 Å². The summed E-state index contributed by atoms with van der Waals surface area (Å²) in [5.74, 6) is 1.55. The fourth-order valence-electron chi connectivity index (χ4n) is 12.5. The monoisotopic (exact) mass is 879 g/mol. The Morgan fingerprint density at radius 3 is 1.83 bits per heavy atom. The van der Waals surface area contributed by atoms with E-state index >= 15 is 0 Å². The number of rotatable bonds is 17. The van der Waals surface area contributed by atoms with Gasteiger partial charge in [0, 0.05) is 24.3 Å². The maximum atomic E-state index is 13.8. The summed E-state index contributed by atoms with van der Waals surface area (Å²) in [5, 5.41) is 3.16. The molecule has 11 nitrogen and oxygen atoms in total. The molecule has 1 N–H and O–H groups in total. The van der Waals surface area contributed by atoms with Crippen LogP contribution in [0.5, 0.6) is 17.2 Å². The maximum Gasteiger partial charge on any atom is 0.514 e. The van der Waals surface area contributed by atoms with Crippen LogP contribution in [0.1, 0.15) is 124 Å². The van der Waals surface area contributed by atoms with Gasteiger partial charge in [-0.25, -0.2) is 14.4 Å². The minimum Gasteiger partial charge on any atom is -0.431 e. The lowest BCUT2D eigenvalue weighted by Crippen LogP contribution is -2.63. The molecular formula is C53H69NO10. The molecule has 4 aliphatic carbocycles. The van der Waals surface area contributed by atoms with Gasteiger partial charge < -0.3 is 33.7 Å². The van der Waals surface area contributed by atoms with Gasteiger partial charge in [0.2, 0.25) is 5.91 Å². The van der Waals surface area contributed by atoms with Crippen molar-refractivity contribution in [2.45, 2.75) is 142 Å². The lowest BCUT2D eigenvalue weighted by atomic mass is 9.43. The van der Waals surface area contributed by atoms with Gasteiger partial charge in [-0.2, -0.15) is 0 Å². The van der Waals surface area contributed by atoms with Crippen LogP contribution in [-0.4, -0.2) is 49.2 Å². The van der Waals surface area contributed by atoms with Crippen molar-refractivity contribution in [3.8, 4) is 17.2 Å². The molecule has 346 valence electrons. The third-order valence-electron chi connectivity index (χ3n) is 15.7. The summed E-state index contributed by atoms with van der Waals surface area (Å²) in [6, 6.07) is 26.8. The lowest BCUT2D eigenvalue weighted by molar-refractivity contribution is -0.210. The van der Waals surface area contributed by atoms with E-state index in [1.165, 1.54) is 25.7 Å². The van der Waals surface area contributed by atoms with Crippen LogP contribution in [0.3, 0.4) is 0 Å². The van der Waals surface area contributed by atoms with E-state index < -0.39 is 36.1 Å². The molecule has 0 aliphatic heterocycles. The first kappa shape index (κ1) is 46.9. The largest absolute Gasteiger partial charge is 0.514 e. The number of hydrogen-bond donors (Lipinski definition) is 1. The van der Waals surface area contributed by atoms with E-state index in [4.69, 9.17) is 28.4 Å². The fourth-order valence-corrected chi connectivity index (χ4v) is 12.5. The predicted octanol–water partition coefficient (Wildman–Crippen LogP) is 12.5. The zero-order valence-electron chi connectivity index (χ0n) is 38.3. The van der Waals surface area contributed by atoms with E-state index in [9.17, 15) is 19.2 Å². The van der Waals surface area contributed by atoms with Crippen molar-refractivity contribution in [2.24, 2.45) is 46.3 Å². The van der Waals surface area contributed by atoms with E-state index in [0.717, 1.165) is 32.1 Å². The number of unbranched alkanes of at least 4 members (excludes halogenated alkanes) is 5. The van der Waals surface area contributed by atoms with Gasteiger partial charge in [-0.05, 0) is 129 Å². The summed E-state index contributed by atoms with van der Waals surface area (Å²) >= 11 is 0. The summed E-state index contributed by atoms with van der Waals surface area (Å²) in [7, 11) is 0. The van der Waals surface area contributed by atoms with Crippen LogP contribution in [0.4, 0.5) is 14.4 Å². The molecule has 4 saturated carbocycles. The smallest absolute Gasteiger partial charge is 0.431 e. The molecule has 0 aromatic heterocycles. The molecule has 64 heavy (non-hydrogen) atoms. The van der Waals surface area contributed by atoms with Crippen LogP contribution in [0, 0.1) is 46.3 Å². The molecule has 3 aromatic rings. The van der Waals surface area contributed by atoms with E-state index in [-0.39, 0.29) is 52.9 Å². The van der Waals surface area contributed by atoms with Gasteiger partial charge in [-0.3, -0.25) is 4.79 Å². The highest BCUT2D eigenvalue weighted by Gasteiger charge is 2.68. The molecule has 11 atom stereocenters. The highest BCUT2D eigenvalue weighted by Crippen LogP contribution is 2.69. The Morgan fingerprint density at radius 2 is 1.22 bits per heavy atom. The average molecular weight is 880 g/mol. The summed E-state index contributed by atoms with van der Waals surface area (Å²) in [4.78, 5) is 53.8. The lowest BCUT2D eigenvalue weighted by Gasteiger charge is -2.64. The molecule has 2 unspecified atom stereocenters. The number of ether oxygens (including phenoxy) is 6. The maximum absolute atomic E-state index is 13.8. The molecule has 3 aromatic carbocycles. The Balaban J connectivity index is 1.13. The first-order valence-electron chi connectivity index (χ1n) is 24.0. The second-order valence-electron chi connectivity index (χ2n) is 19.4. The van der Waals surface area contributed by atoms with Gasteiger partial charge in [-0.1, -0.05) is 114 Å². The number of carbonyl (C=O) groups excluding carboxylic acids is 4. The van der Waals surface area contributed by atoms with Gasteiger partial charge >= 0.3 is 18.5 Å². The zero-order valence-corrected chi connectivity index (χ0v) is 38.3. The van der Waals surface area contributed by atoms with Crippen molar-refractivity contribution in [3.05, 3.63) is 91.0 Å². The van der Waals surface area contributed by atoms with Gasteiger partial charge in [0.1, 0.15) is 35.6 Å². The quantitative estimate of drug-likeness (QED) is 0.0604. The molecule has 0 radical (unpaired) electrons. The minimum absolute atomic E-state index is 0.00703. The first-order chi connectivity index (χ1) is 31.0. The van der Waals surface area contributed by atoms with Crippen molar-refractivity contribution in [2.75, 3.05) is 6.54 Å². The summed E-state index contributed by atoms with van der Waals surface area (Å²) < 4.78 is 36.0. The number of para-hydroxylation sites is 3. The normalized spacial score (nSPS) is 29.7. The molecule has 0 spiro atoms. The third kappa shape index (κ3) is 11.2. The molecule has 0 bridgehead atoms. The van der Waals surface area contributed by atoms with Crippen LogP contribution in [0.2, 0.25) is 0 Å². The van der Waals surface area contributed by atoms with Crippen molar-refractivity contribution in [3.63, 3.8) is 0 Å². The number of hydrogen-bond acceptors (Lipinski definition) is 10. The minimum atomic E-state index is -0.755. The van der Waals surface area contributed by atoms with Gasteiger partial charge in [-0.15, -0.1) is 0 Å². The molecule has 4 aliphatic rings. The van der Waals surface area contributed by atoms with E-state index in [0.29, 0.717) is 62.3 Å². The van der Waals surface area contributed by atoms with Crippen molar-refractivity contribution in [1.29, 1.82) is 0 Å². The SMILES string of the molecule is CCCCCCCCNC(=O)CC[C@@H](C)[C@H]1CC[C@H]2C3[C@H](OC(=O)Oc4ccccc4)CC4C[C@H](OC(=O)Oc5ccccc5)CC[C@]4(C)[C@H]3C[C@H](OC(=O)Oc3ccccc3)[C@]12C. The van der Waals surface area contributed by atoms with Gasteiger partial charge in [0.15, 0.2) is 0 Å². The van der Waals surface area contributed by atoms with Crippen LogP contribution >= 0.6 is 0 Å². The fraction of sp³-hybridized carbons (Fsp3) is 0.585. The topological polar surface area (TPSA) is 136 Å². The summed E-state index contributed by atoms with van der Waals surface area (Å²) in [6.07, 6.45) is 9.38. The molecular weight excluding hydrogens is 811 g/mol. The van der Waals surface area contributed by atoms with Crippen LogP contribution in [-0.2, 0) is 19.0 Å². The number of nitrogens with one attached hydrogen (secondary N) is 1. The van der Waals surface area contributed by atoms with Crippen LogP contribution < -0.4 is 19.5 Å². The number of fused-ring (bicyclic) bond motifs is 5. The van der Waals surface area contributed by atoms with Gasteiger partial charge in [0.05, 0.1) is 0 Å². The van der Waals surface area contributed by atoms with Crippen LogP contribution in [0.15, 0.2) is 91.0 Å². The Kier molecular flexibility index (Phi) is 15.9. The van der Waals surface area contributed by atoms with E-state index in [1.54, 1.807) is 48.5 Å². The molecule has 0 saturated heterocycles. The Morgan fingerprint density at radius 1 is 0.656 bits per heavy atom. The average Bonchev–Trinajstić information content (AvgIpc) is 3.65. The van der Waals surface area contributed by atoms with Crippen LogP contribution in [0.25, 0.3) is 0 Å². The highest BCUT2D eigenvalue weighted by atomic mass is 16.7. The van der Waals surface area contributed by atoms with E-state index in [1.807, 2.05) is 42.5 Å². The molecule has 1 amide bonds. The zero-order chi connectivity index (χ0) is 45.1. The standard InChI is InChI=1S/C53H69NO10/c1-5-6-7-8-9-19-32-54-47(55)29-26-36(2)42-27-28-43-48-44(35-46(53(42,43)4)64-51(58)61-40-24-17-12-18-25-40)52(3)31-30-41(62-49(56)59-38-20-13-10-14-21-38)33-37(52)34-45(48)63-50(57)60-39-22-15-11-16-23-39/h10-18,20-25,36-37,41-46,48H,5-9,19,26-35H2,1-4H3,(H,54,55)/t36-,37?,41-,42-,43+,44+,45-,46+,48?,52+,53-/m1/s1. The number of carbonyl (C=O) groups is 4. The second-order valence-corrected chi connectivity index (χ2v) is 19.4. The third-order valence-corrected chi connectivity index (χ3v) is 15.7. The van der Waals surface area contributed by atoms with Crippen molar-refractivity contribution >= 4 is 24.4 Å². The molecule has 4 fully saturated rings. The summed E-state index contributed by atoms with van der Waals surface area (Å²) in [6.45, 7) is 9.74. The summed E-state index contributed by atoms with van der Waals surface area (Å²) in [5.41, 5.74) is -0.762. The predicted molar refractivity (Wildman–Crippen MR) is 243 cm³/mol. The Hall–Kier alpha value is -5.06.